The monoisotopic (exact) mass is 231 g/mol. The highest BCUT2D eigenvalue weighted by molar-refractivity contribution is 5.87. The average molecular weight is 231 g/mol. The van der Waals surface area contributed by atoms with Crippen LogP contribution in [0.1, 0.15) is 20.8 Å². The maximum atomic E-state index is 5.72. The molecule has 0 saturated carbocycles. The molecule has 17 heavy (non-hydrogen) atoms. The molecule has 0 spiro atoms. The molecule has 0 radical (unpaired) electrons. The average Bonchev–Trinajstić information content (AvgIpc) is 2.29. The summed E-state index contributed by atoms with van der Waals surface area (Å²) in [4.78, 5) is 4.39. The first kappa shape index (κ1) is 11.7. The summed E-state index contributed by atoms with van der Waals surface area (Å²) in [5, 5.41) is 2.10. The fourth-order valence-corrected chi connectivity index (χ4v) is 1.68. The maximum absolute atomic E-state index is 5.72. The molecule has 1 heterocycles. The number of nitrogens with zero attached hydrogens (tertiary/aromatic N) is 1. The van der Waals surface area contributed by atoms with Crippen molar-refractivity contribution in [3.05, 3.63) is 30.3 Å². The number of hydrogen-bond acceptors (Lipinski definition) is 3. The van der Waals surface area contributed by atoms with Crippen LogP contribution in [0.4, 0.5) is 0 Å². The van der Waals surface area contributed by atoms with E-state index in [0.29, 0.717) is 18.4 Å². The molecule has 3 heteroatoms. The Kier molecular flexibility index (Phi) is 3.47. The van der Waals surface area contributed by atoms with Crippen LogP contribution in [0.3, 0.4) is 0 Å². The van der Waals surface area contributed by atoms with Crippen LogP contribution in [0.15, 0.2) is 30.3 Å². The molecule has 0 fully saturated rings. The number of fused-ring (bicyclic) bond motifs is 1. The van der Waals surface area contributed by atoms with Gasteiger partial charge in [-0.15, -0.1) is 0 Å². The first-order valence-corrected chi connectivity index (χ1v) is 5.90. The lowest BCUT2D eigenvalue weighted by atomic mass is 10.2. The minimum absolute atomic E-state index is 0.0998. The molecule has 0 unspecified atom stereocenters. The number of aromatic nitrogens is 1. The van der Waals surface area contributed by atoms with Crippen LogP contribution >= 0.6 is 0 Å². The van der Waals surface area contributed by atoms with E-state index < -0.39 is 0 Å². The SMILES string of the molecule is CCOc1cc2ccccc2c(OC(C)C)n1. The van der Waals surface area contributed by atoms with Gasteiger partial charge >= 0.3 is 0 Å². The van der Waals surface area contributed by atoms with Gasteiger partial charge in [-0.05, 0) is 32.2 Å². The van der Waals surface area contributed by atoms with E-state index in [-0.39, 0.29) is 6.10 Å². The molecule has 2 aromatic rings. The first-order valence-electron chi connectivity index (χ1n) is 5.90. The van der Waals surface area contributed by atoms with Gasteiger partial charge in [0.1, 0.15) is 0 Å². The smallest absolute Gasteiger partial charge is 0.224 e. The largest absolute Gasteiger partial charge is 0.478 e. The molecule has 2 rings (SSSR count). The number of hydrogen-bond donors (Lipinski definition) is 0. The van der Waals surface area contributed by atoms with E-state index in [1.807, 2.05) is 51.1 Å². The second-order valence-corrected chi connectivity index (χ2v) is 4.09. The molecule has 0 aliphatic rings. The lowest BCUT2D eigenvalue weighted by molar-refractivity contribution is 0.231. The van der Waals surface area contributed by atoms with Crippen molar-refractivity contribution in [3.63, 3.8) is 0 Å². The maximum Gasteiger partial charge on any atom is 0.224 e. The fraction of sp³-hybridized carbons (Fsp3) is 0.357. The van der Waals surface area contributed by atoms with Crippen molar-refractivity contribution >= 4 is 10.8 Å². The van der Waals surface area contributed by atoms with Crippen LogP contribution in [0.25, 0.3) is 10.8 Å². The molecule has 1 aromatic carbocycles. The molecule has 0 saturated heterocycles. The van der Waals surface area contributed by atoms with Gasteiger partial charge in [-0.25, -0.2) is 0 Å². The van der Waals surface area contributed by atoms with Gasteiger partial charge in [0.05, 0.1) is 12.7 Å². The minimum atomic E-state index is 0.0998. The van der Waals surface area contributed by atoms with Crippen LogP contribution in [-0.4, -0.2) is 17.7 Å². The second kappa shape index (κ2) is 5.04. The van der Waals surface area contributed by atoms with Crippen LogP contribution in [0, 0.1) is 0 Å². The molecule has 0 N–H and O–H groups in total. The Morgan fingerprint density at radius 1 is 1.24 bits per heavy atom. The van der Waals surface area contributed by atoms with Gasteiger partial charge in [-0.1, -0.05) is 18.2 Å². The lowest BCUT2D eigenvalue weighted by Crippen LogP contribution is -2.08. The van der Waals surface area contributed by atoms with E-state index in [9.17, 15) is 0 Å². The fourth-order valence-electron chi connectivity index (χ4n) is 1.68. The summed E-state index contributed by atoms with van der Waals surface area (Å²) < 4.78 is 11.2. The van der Waals surface area contributed by atoms with Gasteiger partial charge in [0, 0.05) is 11.5 Å². The van der Waals surface area contributed by atoms with E-state index >= 15 is 0 Å². The third-order valence-corrected chi connectivity index (χ3v) is 2.32. The molecule has 3 nitrogen and oxygen atoms in total. The third kappa shape index (κ3) is 2.67. The Morgan fingerprint density at radius 3 is 2.71 bits per heavy atom. The van der Waals surface area contributed by atoms with Gasteiger partial charge in [0.2, 0.25) is 11.8 Å². The summed E-state index contributed by atoms with van der Waals surface area (Å²) in [7, 11) is 0. The lowest BCUT2D eigenvalue weighted by Gasteiger charge is -2.13. The molecule has 0 aliphatic heterocycles. The van der Waals surface area contributed by atoms with Crippen LogP contribution in [-0.2, 0) is 0 Å². The molecular formula is C14H17NO2. The zero-order valence-corrected chi connectivity index (χ0v) is 10.4. The summed E-state index contributed by atoms with van der Waals surface area (Å²) in [6.07, 6.45) is 0.0998. The Balaban J connectivity index is 2.52. The van der Waals surface area contributed by atoms with Gasteiger partial charge in [0.25, 0.3) is 0 Å². The standard InChI is InChI=1S/C14H17NO2/c1-4-16-13-9-11-7-5-6-8-12(11)14(15-13)17-10(2)3/h5-10H,4H2,1-3H3. The van der Waals surface area contributed by atoms with Crippen molar-refractivity contribution in [1.29, 1.82) is 0 Å². The minimum Gasteiger partial charge on any atom is -0.478 e. The molecule has 90 valence electrons. The number of rotatable bonds is 4. The van der Waals surface area contributed by atoms with Crippen molar-refractivity contribution in [2.75, 3.05) is 6.61 Å². The van der Waals surface area contributed by atoms with E-state index in [1.165, 1.54) is 0 Å². The summed E-state index contributed by atoms with van der Waals surface area (Å²) in [6, 6.07) is 9.96. The number of benzene rings is 1. The van der Waals surface area contributed by atoms with Gasteiger partial charge in [-0.3, -0.25) is 0 Å². The zero-order chi connectivity index (χ0) is 12.3. The predicted molar refractivity (Wildman–Crippen MR) is 68.7 cm³/mol. The summed E-state index contributed by atoms with van der Waals surface area (Å²) >= 11 is 0. The van der Waals surface area contributed by atoms with Gasteiger partial charge < -0.3 is 9.47 Å². The Bertz CT molecular complexity index is 509. The van der Waals surface area contributed by atoms with Crippen molar-refractivity contribution < 1.29 is 9.47 Å². The van der Waals surface area contributed by atoms with E-state index in [0.717, 1.165) is 10.8 Å². The van der Waals surface area contributed by atoms with Crippen molar-refractivity contribution in [2.45, 2.75) is 26.9 Å². The summed E-state index contributed by atoms with van der Waals surface area (Å²) in [5.74, 6) is 1.25. The molecule has 0 atom stereocenters. The highest BCUT2D eigenvalue weighted by atomic mass is 16.5. The van der Waals surface area contributed by atoms with Crippen molar-refractivity contribution in [1.82, 2.24) is 4.98 Å². The van der Waals surface area contributed by atoms with Crippen molar-refractivity contribution in [2.24, 2.45) is 0 Å². The third-order valence-electron chi connectivity index (χ3n) is 2.32. The molecule has 1 aromatic heterocycles. The van der Waals surface area contributed by atoms with Gasteiger partial charge in [-0.2, -0.15) is 4.98 Å². The van der Waals surface area contributed by atoms with E-state index in [4.69, 9.17) is 9.47 Å². The first-order chi connectivity index (χ1) is 8.20. The molecular weight excluding hydrogens is 214 g/mol. The zero-order valence-electron chi connectivity index (χ0n) is 10.4. The van der Waals surface area contributed by atoms with Gasteiger partial charge in [0.15, 0.2) is 0 Å². The second-order valence-electron chi connectivity index (χ2n) is 4.09. The summed E-state index contributed by atoms with van der Waals surface area (Å²) in [6.45, 7) is 6.53. The molecule has 0 bridgehead atoms. The normalized spacial score (nSPS) is 10.8. The Labute approximate surface area is 101 Å². The van der Waals surface area contributed by atoms with Crippen LogP contribution < -0.4 is 9.47 Å². The topological polar surface area (TPSA) is 31.4 Å². The Morgan fingerprint density at radius 2 is 2.00 bits per heavy atom. The van der Waals surface area contributed by atoms with E-state index in [1.54, 1.807) is 0 Å². The number of pyridine rings is 1. The molecule has 0 aliphatic carbocycles. The van der Waals surface area contributed by atoms with Crippen molar-refractivity contribution in [3.8, 4) is 11.8 Å². The van der Waals surface area contributed by atoms with E-state index in [2.05, 4.69) is 4.98 Å². The number of ether oxygens (including phenoxy) is 2. The van der Waals surface area contributed by atoms with Crippen LogP contribution in [0.5, 0.6) is 11.8 Å². The predicted octanol–water partition coefficient (Wildman–Crippen LogP) is 3.42. The highest BCUT2D eigenvalue weighted by Gasteiger charge is 2.08. The highest BCUT2D eigenvalue weighted by Crippen LogP contribution is 2.28. The Hall–Kier alpha value is -1.77. The molecule has 0 amide bonds. The quantitative estimate of drug-likeness (QED) is 0.808. The van der Waals surface area contributed by atoms with Crippen LogP contribution in [0.2, 0.25) is 0 Å². The summed E-state index contributed by atoms with van der Waals surface area (Å²) in [5.41, 5.74) is 0.